The van der Waals surface area contributed by atoms with Gasteiger partial charge in [0.2, 0.25) is 0 Å². The van der Waals surface area contributed by atoms with Crippen molar-refractivity contribution < 1.29 is 9.53 Å². The van der Waals surface area contributed by atoms with E-state index in [1.807, 2.05) is 18.2 Å². The van der Waals surface area contributed by atoms with Crippen LogP contribution in [0.15, 0.2) is 30.3 Å². The molecule has 0 bridgehead atoms. The van der Waals surface area contributed by atoms with Gasteiger partial charge in [0.05, 0.1) is 0 Å². The van der Waals surface area contributed by atoms with Crippen LogP contribution in [0.25, 0.3) is 0 Å². The normalized spacial score (nSPS) is 13.2. The second kappa shape index (κ2) is 7.29. The van der Waals surface area contributed by atoms with Crippen molar-refractivity contribution in [3.05, 3.63) is 35.9 Å². The molecule has 20 heavy (non-hydrogen) atoms. The van der Waals surface area contributed by atoms with Gasteiger partial charge in [0.1, 0.15) is 6.10 Å². The van der Waals surface area contributed by atoms with E-state index in [-0.39, 0.29) is 11.5 Å². The van der Waals surface area contributed by atoms with Gasteiger partial charge in [-0.3, -0.25) is 0 Å². The molecule has 0 heterocycles. The molecule has 1 atom stereocenters. The standard InChI is InChI=1S/C16H26N2O2/c1-16(2,3)14(20-15(17)19)10-11-18(4)12-13-8-6-5-7-9-13/h5-9,14H,10-12H2,1-4H3,(H2,17,19). The number of benzene rings is 1. The molecule has 0 radical (unpaired) electrons. The van der Waals surface area contributed by atoms with E-state index < -0.39 is 6.09 Å². The number of hydrogen-bond acceptors (Lipinski definition) is 3. The lowest BCUT2D eigenvalue weighted by Crippen LogP contribution is -2.36. The Bertz CT molecular complexity index is 412. The number of ether oxygens (including phenoxy) is 1. The first-order valence-electron chi connectivity index (χ1n) is 6.97. The molecule has 0 aliphatic rings. The van der Waals surface area contributed by atoms with Crippen LogP contribution < -0.4 is 5.73 Å². The zero-order chi connectivity index (χ0) is 15.2. The molecule has 2 N–H and O–H groups in total. The van der Waals surface area contributed by atoms with E-state index in [0.29, 0.717) is 0 Å². The van der Waals surface area contributed by atoms with Crippen molar-refractivity contribution in [2.45, 2.75) is 39.8 Å². The first-order valence-corrected chi connectivity index (χ1v) is 6.97. The van der Waals surface area contributed by atoms with Gasteiger partial charge in [0.15, 0.2) is 0 Å². The molecule has 0 aliphatic heterocycles. The molecule has 1 rings (SSSR count). The van der Waals surface area contributed by atoms with Gasteiger partial charge >= 0.3 is 6.09 Å². The van der Waals surface area contributed by atoms with Crippen LogP contribution in [-0.4, -0.2) is 30.7 Å². The van der Waals surface area contributed by atoms with Gasteiger partial charge in [0.25, 0.3) is 0 Å². The van der Waals surface area contributed by atoms with Gasteiger partial charge in [-0.25, -0.2) is 4.79 Å². The molecular weight excluding hydrogens is 252 g/mol. The molecule has 1 amide bonds. The fourth-order valence-electron chi connectivity index (χ4n) is 2.12. The summed E-state index contributed by atoms with van der Waals surface area (Å²) >= 11 is 0. The molecule has 4 nitrogen and oxygen atoms in total. The third-order valence-electron chi connectivity index (χ3n) is 3.29. The fourth-order valence-corrected chi connectivity index (χ4v) is 2.12. The maximum atomic E-state index is 11.0. The largest absolute Gasteiger partial charge is 0.446 e. The predicted molar refractivity (Wildman–Crippen MR) is 81.3 cm³/mol. The van der Waals surface area contributed by atoms with Crippen molar-refractivity contribution in [2.75, 3.05) is 13.6 Å². The number of carbonyl (C=O) groups is 1. The Hall–Kier alpha value is -1.55. The first kappa shape index (κ1) is 16.5. The molecular formula is C16H26N2O2. The average molecular weight is 278 g/mol. The van der Waals surface area contributed by atoms with Crippen LogP contribution in [0.1, 0.15) is 32.8 Å². The Morgan fingerprint density at radius 1 is 1.30 bits per heavy atom. The smallest absolute Gasteiger partial charge is 0.404 e. The zero-order valence-electron chi connectivity index (χ0n) is 12.9. The summed E-state index contributed by atoms with van der Waals surface area (Å²) in [5.74, 6) is 0. The molecule has 0 spiro atoms. The topological polar surface area (TPSA) is 55.6 Å². The average Bonchev–Trinajstić information content (AvgIpc) is 2.34. The van der Waals surface area contributed by atoms with Crippen molar-refractivity contribution in [1.29, 1.82) is 0 Å². The summed E-state index contributed by atoms with van der Waals surface area (Å²) in [5.41, 5.74) is 6.31. The Morgan fingerprint density at radius 2 is 1.90 bits per heavy atom. The number of nitrogens with two attached hydrogens (primary N) is 1. The van der Waals surface area contributed by atoms with Crippen LogP contribution >= 0.6 is 0 Å². The van der Waals surface area contributed by atoms with Gasteiger partial charge in [-0.05, 0) is 24.4 Å². The van der Waals surface area contributed by atoms with Crippen molar-refractivity contribution in [3.8, 4) is 0 Å². The Balaban J connectivity index is 2.48. The molecule has 1 aromatic carbocycles. The van der Waals surface area contributed by atoms with Crippen molar-refractivity contribution >= 4 is 6.09 Å². The van der Waals surface area contributed by atoms with Gasteiger partial charge in [-0.2, -0.15) is 0 Å². The summed E-state index contributed by atoms with van der Waals surface area (Å²) in [5, 5.41) is 0. The SMILES string of the molecule is CN(CCC(OC(N)=O)C(C)(C)C)Cc1ccccc1. The molecule has 0 aliphatic carbocycles. The number of carbonyl (C=O) groups excluding carboxylic acids is 1. The molecule has 0 saturated heterocycles. The van der Waals surface area contributed by atoms with E-state index in [2.05, 4.69) is 44.9 Å². The minimum Gasteiger partial charge on any atom is -0.446 e. The molecule has 0 saturated carbocycles. The number of hydrogen-bond donors (Lipinski definition) is 1. The second-order valence-electron chi connectivity index (χ2n) is 6.30. The summed E-state index contributed by atoms with van der Waals surface area (Å²) in [6.45, 7) is 7.89. The lowest BCUT2D eigenvalue weighted by atomic mass is 9.87. The maximum Gasteiger partial charge on any atom is 0.404 e. The summed E-state index contributed by atoms with van der Waals surface area (Å²) < 4.78 is 5.23. The molecule has 4 heteroatoms. The second-order valence-corrected chi connectivity index (χ2v) is 6.30. The summed E-state index contributed by atoms with van der Waals surface area (Å²) in [7, 11) is 2.07. The predicted octanol–water partition coefficient (Wildman–Crippen LogP) is 3.02. The van der Waals surface area contributed by atoms with E-state index in [0.717, 1.165) is 19.5 Å². The number of nitrogens with zero attached hydrogens (tertiary/aromatic N) is 1. The third-order valence-corrected chi connectivity index (χ3v) is 3.29. The summed E-state index contributed by atoms with van der Waals surface area (Å²) in [6.07, 6.45) is -0.0932. The lowest BCUT2D eigenvalue weighted by molar-refractivity contribution is 0.0256. The number of primary amides is 1. The van der Waals surface area contributed by atoms with Crippen molar-refractivity contribution in [2.24, 2.45) is 11.1 Å². The van der Waals surface area contributed by atoms with Crippen LogP contribution in [0.2, 0.25) is 0 Å². The van der Waals surface area contributed by atoms with Crippen LogP contribution in [0.4, 0.5) is 4.79 Å². The highest BCUT2D eigenvalue weighted by Crippen LogP contribution is 2.25. The van der Waals surface area contributed by atoms with Crippen LogP contribution in [-0.2, 0) is 11.3 Å². The zero-order valence-corrected chi connectivity index (χ0v) is 12.9. The molecule has 0 aromatic heterocycles. The van der Waals surface area contributed by atoms with Crippen LogP contribution in [0.3, 0.4) is 0 Å². The van der Waals surface area contributed by atoms with E-state index >= 15 is 0 Å². The van der Waals surface area contributed by atoms with Gasteiger partial charge in [0, 0.05) is 13.1 Å². The highest BCUT2D eigenvalue weighted by molar-refractivity contribution is 5.64. The Kier molecular flexibility index (Phi) is 6.02. The highest BCUT2D eigenvalue weighted by atomic mass is 16.6. The van der Waals surface area contributed by atoms with E-state index in [4.69, 9.17) is 10.5 Å². The van der Waals surface area contributed by atoms with Crippen LogP contribution in [0.5, 0.6) is 0 Å². The monoisotopic (exact) mass is 278 g/mol. The first-order chi connectivity index (χ1) is 9.29. The van der Waals surface area contributed by atoms with Crippen molar-refractivity contribution in [3.63, 3.8) is 0 Å². The molecule has 0 fully saturated rings. The van der Waals surface area contributed by atoms with E-state index in [9.17, 15) is 4.79 Å². The van der Waals surface area contributed by atoms with Gasteiger partial charge < -0.3 is 15.4 Å². The summed E-state index contributed by atoms with van der Waals surface area (Å²) in [4.78, 5) is 13.2. The van der Waals surface area contributed by atoms with E-state index in [1.165, 1.54) is 5.56 Å². The maximum absolute atomic E-state index is 11.0. The minimum atomic E-state index is -0.698. The van der Waals surface area contributed by atoms with E-state index in [1.54, 1.807) is 0 Å². The minimum absolute atomic E-state index is 0.109. The van der Waals surface area contributed by atoms with Gasteiger partial charge in [-0.15, -0.1) is 0 Å². The Labute approximate surface area is 121 Å². The highest BCUT2D eigenvalue weighted by Gasteiger charge is 2.27. The lowest BCUT2D eigenvalue weighted by Gasteiger charge is -2.31. The quantitative estimate of drug-likeness (QED) is 0.870. The molecule has 1 unspecified atom stereocenters. The third kappa shape index (κ3) is 6.06. The van der Waals surface area contributed by atoms with Crippen LogP contribution in [0, 0.1) is 5.41 Å². The Morgan fingerprint density at radius 3 is 2.40 bits per heavy atom. The number of amides is 1. The van der Waals surface area contributed by atoms with Crippen molar-refractivity contribution in [1.82, 2.24) is 4.90 Å². The summed E-state index contributed by atoms with van der Waals surface area (Å²) in [6, 6.07) is 10.3. The fraction of sp³-hybridized carbons (Fsp3) is 0.562. The molecule has 1 aromatic rings. The van der Waals surface area contributed by atoms with Gasteiger partial charge in [-0.1, -0.05) is 51.1 Å². The molecule has 112 valence electrons. The number of rotatable bonds is 6.